The van der Waals surface area contributed by atoms with Gasteiger partial charge in [-0.2, -0.15) is 17.4 Å². The van der Waals surface area contributed by atoms with Crippen molar-refractivity contribution in [1.82, 2.24) is 10.0 Å². The van der Waals surface area contributed by atoms with Crippen LogP contribution in [-0.2, 0) is 14.8 Å². The number of nitrogens with one attached hydrogen (secondary N) is 2. The number of piperidine rings is 1. The van der Waals surface area contributed by atoms with E-state index in [0.29, 0.717) is 32.0 Å². The van der Waals surface area contributed by atoms with Crippen LogP contribution in [0.4, 0.5) is 8.78 Å². The number of carbonyl (C=O) groups is 1. The molecule has 1 saturated heterocycles. The molecule has 0 aliphatic carbocycles. The van der Waals surface area contributed by atoms with Crippen molar-refractivity contribution in [3.8, 4) is 0 Å². The van der Waals surface area contributed by atoms with Gasteiger partial charge in [-0.25, -0.2) is 17.2 Å². The van der Waals surface area contributed by atoms with Gasteiger partial charge in [0.05, 0.1) is 0 Å². The number of aliphatic carboxylic acids is 1. The third-order valence-electron chi connectivity index (χ3n) is 4.23. The van der Waals surface area contributed by atoms with E-state index in [9.17, 15) is 27.1 Å². The summed E-state index contributed by atoms with van der Waals surface area (Å²) >= 11 is 4.20. The Morgan fingerprint density at radius 3 is 2.50 bits per heavy atom. The number of hydrogen-bond donors (Lipinski definition) is 4. The SMILES string of the molecule is O=C(O)[C@@H](NS(=O)(=O)c1ccc(F)cc1F)C1(CS)CCNCC1. The van der Waals surface area contributed by atoms with Crippen molar-refractivity contribution in [1.29, 1.82) is 0 Å². The van der Waals surface area contributed by atoms with Gasteiger partial charge in [-0.15, -0.1) is 0 Å². The molecule has 0 saturated carbocycles. The van der Waals surface area contributed by atoms with Gasteiger partial charge in [-0.05, 0) is 43.8 Å². The van der Waals surface area contributed by atoms with Crippen LogP contribution in [0.1, 0.15) is 12.8 Å². The molecule has 0 unspecified atom stereocenters. The number of hydrogen-bond acceptors (Lipinski definition) is 5. The summed E-state index contributed by atoms with van der Waals surface area (Å²) in [4.78, 5) is 10.9. The van der Waals surface area contributed by atoms with E-state index in [1.807, 2.05) is 0 Å². The molecule has 1 atom stereocenters. The smallest absolute Gasteiger partial charge is 0.322 e. The average molecular weight is 380 g/mol. The van der Waals surface area contributed by atoms with Crippen LogP contribution in [0, 0.1) is 17.0 Å². The molecule has 10 heteroatoms. The molecule has 134 valence electrons. The molecule has 0 radical (unpaired) electrons. The van der Waals surface area contributed by atoms with E-state index in [2.05, 4.69) is 22.7 Å². The molecule has 1 aromatic carbocycles. The predicted octanol–water partition coefficient (Wildman–Crippen LogP) is 0.996. The fraction of sp³-hybridized carbons (Fsp3) is 0.500. The molecule has 6 nitrogen and oxygen atoms in total. The molecule has 0 spiro atoms. The molecular weight excluding hydrogens is 362 g/mol. The number of thiol groups is 1. The molecule has 0 bridgehead atoms. The Labute approximate surface area is 144 Å². The highest BCUT2D eigenvalue weighted by molar-refractivity contribution is 7.89. The zero-order valence-corrected chi connectivity index (χ0v) is 14.3. The lowest BCUT2D eigenvalue weighted by Gasteiger charge is -2.40. The highest BCUT2D eigenvalue weighted by Crippen LogP contribution is 2.35. The van der Waals surface area contributed by atoms with Crippen molar-refractivity contribution in [3.63, 3.8) is 0 Å². The first-order valence-corrected chi connectivity index (χ1v) is 9.35. The quantitative estimate of drug-likeness (QED) is 0.552. The lowest BCUT2D eigenvalue weighted by molar-refractivity contribution is -0.142. The highest BCUT2D eigenvalue weighted by Gasteiger charge is 2.45. The van der Waals surface area contributed by atoms with Crippen molar-refractivity contribution in [2.45, 2.75) is 23.8 Å². The Kier molecular flexibility index (Phi) is 5.84. The van der Waals surface area contributed by atoms with E-state index in [0.717, 1.165) is 12.1 Å². The van der Waals surface area contributed by atoms with Crippen LogP contribution in [0.15, 0.2) is 23.1 Å². The van der Waals surface area contributed by atoms with Crippen molar-refractivity contribution in [2.24, 2.45) is 5.41 Å². The van der Waals surface area contributed by atoms with Crippen molar-refractivity contribution in [3.05, 3.63) is 29.8 Å². The summed E-state index contributed by atoms with van der Waals surface area (Å²) in [5, 5.41) is 12.6. The van der Waals surface area contributed by atoms with E-state index in [1.165, 1.54) is 0 Å². The molecule has 1 aliphatic rings. The minimum atomic E-state index is -4.48. The third kappa shape index (κ3) is 3.88. The van der Waals surface area contributed by atoms with E-state index in [4.69, 9.17) is 0 Å². The maximum Gasteiger partial charge on any atom is 0.322 e. The van der Waals surface area contributed by atoms with Gasteiger partial charge in [0.2, 0.25) is 10.0 Å². The minimum Gasteiger partial charge on any atom is -0.480 e. The summed E-state index contributed by atoms with van der Waals surface area (Å²) in [6.07, 6.45) is 0.809. The Balaban J connectivity index is 2.37. The second-order valence-corrected chi connectivity index (χ2v) is 7.74. The molecule has 0 aromatic heterocycles. The van der Waals surface area contributed by atoms with E-state index in [1.54, 1.807) is 0 Å². The van der Waals surface area contributed by atoms with Gasteiger partial charge in [-0.3, -0.25) is 4.79 Å². The summed E-state index contributed by atoms with van der Waals surface area (Å²) in [6.45, 7) is 1.05. The molecule has 3 N–H and O–H groups in total. The van der Waals surface area contributed by atoms with Gasteiger partial charge in [0, 0.05) is 11.5 Å². The maximum atomic E-state index is 13.8. The lowest BCUT2D eigenvalue weighted by Crippen LogP contribution is -2.57. The molecule has 24 heavy (non-hydrogen) atoms. The molecule has 1 fully saturated rings. The number of halogens is 2. The Morgan fingerprint density at radius 1 is 1.38 bits per heavy atom. The first-order chi connectivity index (χ1) is 11.2. The van der Waals surface area contributed by atoms with E-state index >= 15 is 0 Å². The zero-order valence-electron chi connectivity index (χ0n) is 12.6. The first kappa shape index (κ1) is 19.1. The maximum absolute atomic E-state index is 13.8. The average Bonchev–Trinajstić information content (AvgIpc) is 2.52. The van der Waals surface area contributed by atoms with Crippen molar-refractivity contribution in [2.75, 3.05) is 18.8 Å². The van der Waals surface area contributed by atoms with Gasteiger partial charge in [0.25, 0.3) is 0 Å². The second kappa shape index (κ2) is 7.34. The minimum absolute atomic E-state index is 0.153. The van der Waals surface area contributed by atoms with Crippen LogP contribution < -0.4 is 10.0 Å². The monoisotopic (exact) mass is 380 g/mol. The normalized spacial score (nSPS) is 19.0. The topological polar surface area (TPSA) is 95.5 Å². The number of sulfonamides is 1. The van der Waals surface area contributed by atoms with Crippen LogP contribution in [0.25, 0.3) is 0 Å². The van der Waals surface area contributed by atoms with Crippen LogP contribution in [0.3, 0.4) is 0 Å². The number of carboxylic acids is 1. The zero-order chi connectivity index (χ0) is 18.0. The van der Waals surface area contributed by atoms with Crippen LogP contribution >= 0.6 is 12.6 Å². The third-order valence-corrected chi connectivity index (χ3v) is 6.32. The molecule has 2 rings (SSSR count). The van der Waals surface area contributed by atoms with Gasteiger partial charge < -0.3 is 10.4 Å². The number of benzene rings is 1. The predicted molar refractivity (Wildman–Crippen MR) is 86.5 cm³/mol. The molecule has 1 heterocycles. The fourth-order valence-electron chi connectivity index (χ4n) is 2.81. The largest absolute Gasteiger partial charge is 0.480 e. The highest BCUT2D eigenvalue weighted by atomic mass is 32.2. The summed E-state index contributed by atoms with van der Waals surface area (Å²) in [5.41, 5.74) is -0.899. The number of carboxylic acid groups (broad SMARTS) is 1. The van der Waals surface area contributed by atoms with Crippen molar-refractivity contribution >= 4 is 28.6 Å². The first-order valence-electron chi connectivity index (χ1n) is 7.24. The lowest BCUT2D eigenvalue weighted by atomic mass is 9.74. The van der Waals surface area contributed by atoms with Gasteiger partial charge >= 0.3 is 5.97 Å². The van der Waals surface area contributed by atoms with Crippen molar-refractivity contribution < 1.29 is 27.1 Å². The summed E-state index contributed by atoms with van der Waals surface area (Å²) in [7, 11) is -4.48. The van der Waals surface area contributed by atoms with Crippen LogP contribution in [-0.4, -0.2) is 44.4 Å². The Hall–Kier alpha value is -1.23. The fourth-order valence-corrected chi connectivity index (χ4v) is 4.66. The van der Waals surface area contributed by atoms with Gasteiger partial charge in [0.1, 0.15) is 22.6 Å². The summed E-state index contributed by atoms with van der Waals surface area (Å²) in [6, 6.07) is 0.531. The van der Waals surface area contributed by atoms with Crippen LogP contribution in [0.2, 0.25) is 0 Å². The second-order valence-electron chi connectivity index (χ2n) is 5.74. The standard InChI is InChI=1S/C14H18F2N2O4S2/c15-9-1-2-11(10(16)7-9)24(21,22)18-12(13(19)20)14(8-23)3-5-17-6-4-14/h1-2,7,12,17-18,23H,3-6,8H2,(H,19,20)/t12-/m1/s1. The molecule has 1 aromatic rings. The summed E-state index contributed by atoms with van der Waals surface area (Å²) < 4.78 is 53.6. The molecule has 0 amide bonds. The van der Waals surface area contributed by atoms with E-state index < -0.39 is 44.0 Å². The van der Waals surface area contributed by atoms with E-state index in [-0.39, 0.29) is 5.75 Å². The Morgan fingerprint density at radius 2 is 2.00 bits per heavy atom. The molecular formula is C14H18F2N2O4S2. The van der Waals surface area contributed by atoms with Gasteiger partial charge in [-0.1, -0.05) is 0 Å². The van der Waals surface area contributed by atoms with Crippen LogP contribution in [0.5, 0.6) is 0 Å². The molecule has 1 aliphatic heterocycles. The Bertz CT molecular complexity index is 721. The number of rotatable bonds is 6. The summed E-state index contributed by atoms with van der Waals surface area (Å²) in [5.74, 6) is -3.42. The van der Waals surface area contributed by atoms with Gasteiger partial charge in [0.15, 0.2) is 0 Å².